The SMILES string of the molecule is C[C@]1(c2ccccc2Br)NC(=O)N(Cc2cccc(Br)c2)C1=O. The number of amides is 3. The van der Waals surface area contributed by atoms with Crippen molar-refractivity contribution in [1.29, 1.82) is 0 Å². The Morgan fingerprint density at radius 1 is 1.09 bits per heavy atom. The molecule has 1 aliphatic heterocycles. The molecule has 1 N–H and O–H groups in total. The van der Waals surface area contributed by atoms with Gasteiger partial charge >= 0.3 is 6.03 Å². The van der Waals surface area contributed by atoms with E-state index in [0.29, 0.717) is 0 Å². The van der Waals surface area contributed by atoms with Crippen LogP contribution in [0, 0.1) is 0 Å². The first-order valence-corrected chi connectivity index (χ1v) is 8.64. The quantitative estimate of drug-likeness (QED) is 0.732. The summed E-state index contributed by atoms with van der Waals surface area (Å²) in [6.07, 6.45) is 0. The Hall–Kier alpha value is -1.66. The minimum absolute atomic E-state index is 0.240. The minimum atomic E-state index is -1.07. The van der Waals surface area contributed by atoms with Crippen molar-refractivity contribution in [3.05, 3.63) is 68.6 Å². The molecule has 6 heteroatoms. The summed E-state index contributed by atoms with van der Waals surface area (Å²) in [5.74, 6) is -0.255. The minimum Gasteiger partial charge on any atom is -0.319 e. The number of hydrogen-bond donors (Lipinski definition) is 1. The van der Waals surface area contributed by atoms with Crippen molar-refractivity contribution in [1.82, 2.24) is 10.2 Å². The highest BCUT2D eigenvalue weighted by Crippen LogP contribution is 2.34. The zero-order chi connectivity index (χ0) is 16.6. The number of nitrogens with zero attached hydrogens (tertiary/aromatic N) is 1. The van der Waals surface area contributed by atoms with Gasteiger partial charge in [-0.1, -0.05) is 62.2 Å². The van der Waals surface area contributed by atoms with Crippen molar-refractivity contribution in [2.45, 2.75) is 19.0 Å². The van der Waals surface area contributed by atoms with Crippen molar-refractivity contribution < 1.29 is 9.59 Å². The molecule has 2 aromatic rings. The number of imide groups is 1. The maximum atomic E-state index is 12.9. The molecular formula is C17H14Br2N2O2. The van der Waals surface area contributed by atoms with Gasteiger partial charge in [-0.15, -0.1) is 0 Å². The predicted molar refractivity (Wildman–Crippen MR) is 94.7 cm³/mol. The zero-order valence-electron chi connectivity index (χ0n) is 12.3. The van der Waals surface area contributed by atoms with Gasteiger partial charge in [0.1, 0.15) is 5.54 Å². The lowest BCUT2D eigenvalue weighted by molar-refractivity contribution is -0.131. The lowest BCUT2D eigenvalue weighted by Crippen LogP contribution is -2.41. The van der Waals surface area contributed by atoms with E-state index in [4.69, 9.17) is 0 Å². The van der Waals surface area contributed by atoms with Crippen LogP contribution in [0.2, 0.25) is 0 Å². The van der Waals surface area contributed by atoms with E-state index >= 15 is 0 Å². The maximum Gasteiger partial charge on any atom is 0.325 e. The van der Waals surface area contributed by atoms with Crippen LogP contribution in [-0.2, 0) is 16.9 Å². The van der Waals surface area contributed by atoms with Crippen LogP contribution in [0.25, 0.3) is 0 Å². The van der Waals surface area contributed by atoms with Gasteiger partial charge in [-0.25, -0.2) is 4.79 Å². The van der Waals surface area contributed by atoms with E-state index in [9.17, 15) is 9.59 Å². The first-order chi connectivity index (χ1) is 10.9. The smallest absolute Gasteiger partial charge is 0.319 e. The van der Waals surface area contributed by atoms with Crippen LogP contribution in [0.15, 0.2) is 57.5 Å². The van der Waals surface area contributed by atoms with Gasteiger partial charge in [0.15, 0.2) is 0 Å². The number of urea groups is 1. The van der Waals surface area contributed by atoms with Gasteiger partial charge in [-0.2, -0.15) is 0 Å². The number of rotatable bonds is 3. The van der Waals surface area contributed by atoms with E-state index in [0.717, 1.165) is 20.1 Å². The average molecular weight is 438 g/mol. The highest BCUT2D eigenvalue weighted by Gasteiger charge is 2.49. The number of carbonyl (C=O) groups is 2. The molecule has 2 aromatic carbocycles. The van der Waals surface area contributed by atoms with Crippen LogP contribution in [0.5, 0.6) is 0 Å². The maximum absolute atomic E-state index is 12.9. The van der Waals surface area contributed by atoms with E-state index in [1.807, 2.05) is 48.5 Å². The van der Waals surface area contributed by atoms with Crippen LogP contribution in [0.3, 0.4) is 0 Å². The summed E-state index contributed by atoms with van der Waals surface area (Å²) in [7, 11) is 0. The Bertz CT molecular complexity index is 794. The van der Waals surface area contributed by atoms with Gasteiger partial charge in [0.05, 0.1) is 6.54 Å². The lowest BCUT2D eigenvalue weighted by atomic mass is 9.92. The first-order valence-electron chi connectivity index (χ1n) is 7.05. The predicted octanol–water partition coefficient (Wildman–Crippen LogP) is 4.18. The Balaban J connectivity index is 1.92. The summed E-state index contributed by atoms with van der Waals surface area (Å²) in [5, 5.41) is 2.82. The largest absolute Gasteiger partial charge is 0.325 e. The second kappa shape index (κ2) is 6.09. The molecule has 0 aliphatic carbocycles. The lowest BCUT2D eigenvalue weighted by Gasteiger charge is -2.23. The third kappa shape index (κ3) is 2.93. The summed E-state index contributed by atoms with van der Waals surface area (Å²) < 4.78 is 1.70. The third-order valence-corrected chi connectivity index (χ3v) is 5.10. The number of benzene rings is 2. The van der Waals surface area contributed by atoms with Crippen molar-refractivity contribution in [2.75, 3.05) is 0 Å². The Kier molecular flexibility index (Phi) is 4.29. The highest BCUT2D eigenvalue weighted by atomic mass is 79.9. The van der Waals surface area contributed by atoms with E-state index in [-0.39, 0.29) is 18.5 Å². The normalized spacial score (nSPS) is 20.7. The topological polar surface area (TPSA) is 49.4 Å². The van der Waals surface area contributed by atoms with Gasteiger partial charge < -0.3 is 5.32 Å². The summed E-state index contributed by atoms with van der Waals surface area (Å²) in [5.41, 5.74) is 0.567. The van der Waals surface area contributed by atoms with E-state index < -0.39 is 5.54 Å². The molecule has 4 nitrogen and oxygen atoms in total. The molecule has 1 saturated heterocycles. The fraction of sp³-hybridized carbons (Fsp3) is 0.176. The molecule has 3 amide bonds. The number of carbonyl (C=O) groups excluding carboxylic acids is 2. The summed E-state index contributed by atoms with van der Waals surface area (Å²) in [6, 6.07) is 14.6. The summed E-state index contributed by atoms with van der Waals surface area (Å²) >= 11 is 6.86. The van der Waals surface area contributed by atoms with Crippen molar-refractivity contribution in [3.63, 3.8) is 0 Å². The molecule has 23 heavy (non-hydrogen) atoms. The molecule has 1 aliphatic rings. The molecule has 0 aromatic heterocycles. The monoisotopic (exact) mass is 436 g/mol. The molecule has 1 heterocycles. The fourth-order valence-corrected chi connectivity index (χ4v) is 3.84. The molecule has 118 valence electrons. The van der Waals surface area contributed by atoms with Crippen molar-refractivity contribution in [2.24, 2.45) is 0 Å². The molecule has 0 saturated carbocycles. The van der Waals surface area contributed by atoms with Crippen molar-refractivity contribution >= 4 is 43.8 Å². The molecule has 0 radical (unpaired) electrons. The number of halogens is 2. The molecule has 0 unspecified atom stereocenters. The first kappa shape index (κ1) is 16.2. The second-order valence-corrected chi connectivity index (χ2v) is 7.33. The number of nitrogens with one attached hydrogen (secondary N) is 1. The van der Waals surface area contributed by atoms with Gasteiger partial charge in [0.2, 0.25) is 0 Å². The van der Waals surface area contributed by atoms with Gasteiger partial charge in [-0.3, -0.25) is 9.69 Å². The third-order valence-electron chi connectivity index (χ3n) is 3.92. The van der Waals surface area contributed by atoms with E-state index in [1.54, 1.807) is 6.92 Å². The standard InChI is InChI=1S/C17H14Br2N2O2/c1-17(13-7-2-3-8-14(13)19)15(22)21(16(23)20-17)10-11-5-4-6-12(18)9-11/h2-9H,10H2,1H3,(H,20,23)/t17-/m1/s1. The van der Waals surface area contributed by atoms with E-state index in [1.165, 1.54) is 4.90 Å². The average Bonchev–Trinajstić information content (AvgIpc) is 2.72. The Morgan fingerprint density at radius 2 is 1.83 bits per heavy atom. The van der Waals surface area contributed by atoms with Gasteiger partial charge in [-0.05, 0) is 30.7 Å². The Labute approximate surface area is 151 Å². The second-order valence-electron chi connectivity index (χ2n) is 5.56. The molecule has 3 rings (SSSR count). The molecule has 1 fully saturated rings. The van der Waals surface area contributed by atoms with Crippen LogP contribution in [-0.4, -0.2) is 16.8 Å². The summed E-state index contributed by atoms with van der Waals surface area (Å²) in [4.78, 5) is 26.5. The summed E-state index contributed by atoms with van der Waals surface area (Å²) in [6.45, 7) is 1.97. The zero-order valence-corrected chi connectivity index (χ0v) is 15.5. The fourth-order valence-electron chi connectivity index (χ4n) is 2.71. The number of hydrogen-bond acceptors (Lipinski definition) is 2. The van der Waals surface area contributed by atoms with Crippen LogP contribution < -0.4 is 5.32 Å². The van der Waals surface area contributed by atoms with E-state index in [2.05, 4.69) is 37.2 Å². The van der Waals surface area contributed by atoms with Crippen molar-refractivity contribution in [3.8, 4) is 0 Å². The Morgan fingerprint density at radius 3 is 2.52 bits per heavy atom. The molecule has 0 spiro atoms. The van der Waals surface area contributed by atoms with Gasteiger partial charge in [0, 0.05) is 14.5 Å². The van der Waals surface area contributed by atoms with Gasteiger partial charge in [0.25, 0.3) is 5.91 Å². The van der Waals surface area contributed by atoms with Crippen LogP contribution >= 0.6 is 31.9 Å². The highest BCUT2D eigenvalue weighted by molar-refractivity contribution is 9.10. The van der Waals surface area contributed by atoms with Crippen LogP contribution in [0.4, 0.5) is 4.79 Å². The molecular weight excluding hydrogens is 424 g/mol. The van der Waals surface area contributed by atoms with Crippen LogP contribution in [0.1, 0.15) is 18.1 Å². The molecule has 1 atom stereocenters. The molecule has 0 bridgehead atoms.